The van der Waals surface area contributed by atoms with Crippen LogP contribution in [0.3, 0.4) is 0 Å². The predicted octanol–water partition coefficient (Wildman–Crippen LogP) is 3.94. The molecule has 0 aliphatic carbocycles. The zero-order valence-electron chi connectivity index (χ0n) is 12.1. The van der Waals surface area contributed by atoms with Gasteiger partial charge in [0.1, 0.15) is 0 Å². The molecule has 2 aromatic carbocycles. The van der Waals surface area contributed by atoms with Crippen molar-refractivity contribution >= 4 is 44.6 Å². The lowest BCUT2D eigenvalue weighted by molar-refractivity contribution is -0.115. The van der Waals surface area contributed by atoms with Crippen molar-refractivity contribution in [3.05, 3.63) is 64.1 Å². The molecular formula is C16H15Cl2NO3S. The van der Waals surface area contributed by atoms with Crippen LogP contribution < -0.4 is 5.32 Å². The molecule has 2 aromatic rings. The smallest absolute Gasteiger partial charge is 0.225 e. The summed E-state index contributed by atoms with van der Waals surface area (Å²) >= 11 is 11.8. The van der Waals surface area contributed by atoms with Gasteiger partial charge in [-0.1, -0.05) is 47.5 Å². The van der Waals surface area contributed by atoms with Gasteiger partial charge in [-0.2, -0.15) is 0 Å². The van der Waals surface area contributed by atoms with Crippen LogP contribution in [0.15, 0.2) is 48.5 Å². The first-order valence-corrected chi connectivity index (χ1v) is 9.43. The van der Waals surface area contributed by atoms with E-state index >= 15 is 0 Å². The molecule has 0 radical (unpaired) electrons. The summed E-state index contributed by atoms with van der Waals surface area (Å²) in [5.41, 5.74) is 1.11. The van der Waals surface area contributed by atoms with Crippen molar-refractivity contribution in [1.29, 1.82) is 0 Å². The number of carbonyl (C=O) groups excluding carboxylic acids is 1. The van der Waals surface area contributed by atoms with Crippen molar-refractivity contribution in [1.82, 2.24) is 0 Å². The Morgan fingerprint density at radius 1 is 1.04 bits per heavy atom. The first kappa shape index (κ1) is 17.8. The van der Waals surface area contributed by atoms with Crippen molar-refractivity contribution in [2.24, 2.45) is 0 Å². The van der Waals surface area contributed by atoms with E-state index in [1.54, 1.807) is 36.4 Å². The fourth-order valence-corrected chi connectivity index (χ4v) is 3.86. The number of rotatable bonds is 6. The van der Waals surface area contributed by atoms with E-state index in [1.165, 1.54) is 6.07 Å². The second-order valence-corrected chi connectivity index (χ2v) is 8.02. The van der Waals surface area contributed by atoms with Crippen LogP contribution in [-0.4, -0.2) is 20.1 Å². The van der Waals surface area contributed by atoms with Gasteiger partial charge < -0.3 is 5.32 Å². The van der Waals surface area contributed by atoms with Gasteiger partial charge in [0.05, 0.1) is 11.5 Å². The SMILES string of the molecule is O=C(CCS(=O)(=O)Cc1ccc(Cl)cc1Cl)Nc1ccccc1. The number of carbonyl (C=O) groups is 1. The van der Waals surface area contributed by atoms with Crippen LogP contribution in [0, 0.1) is 0 Å². The minimum absolute atomic E-state index is 0.109. The number of hydrogen-bond acceptors (Lipinski definition) is 3. The summed E-state index contributed by atoms with van der Waals surface area (Å²) in [5.74, 6) is -0.811. The molecule has 0 saturated carbocycles. The lowest BCUT2D eigenvalue weighted by atomic mass is 10.2. The van der Waals surface area contributed by atoms with Crippen LogP contribution in [0.25, 0.3) is 0 Å². The highest BCUT2D eigenvalue weighted by atomic mass is 35.5. The van der Waals surface area contributed by atoms with Gasteiger partial charge in [0.15, 0.2) is 9.84 Å². The number of anilines is 1. The topological polar surface area (TPSA) is 63.2 Å². The average Bonchev–Trinajstić information content (AvgIpc) is 2.49. The number of amides is 1. The van der Waals surface area contributed by atoms with Gasteiger partial charge in [-0.15, -0.1) is 0 Å². The molecule has 0 heterocycles. The molecule has 0 unspecified atom stereocenters. The molecule has 0 aliphatic rings. The minimum atomic E-state index is -3.45. The molecule has 0 saturated heterocycles. The predicted molar refractivity (Wildman–Crippen MR) is 93.6 cm³/mol. The number of halogens is 2. The Hall–Kier alpha value is -1.56. The van der Waals surface area contributed by atoms with Crippen molar-refractivity contribution in [3.8, 4) is 0 Å². The van der Waals surface area contributed by atoms with E-state index in [1.807, 2.05) is 6.07 Å². The molecule has 0 atom stereocenters. The van der Waals surface area contributed by atoms with E-state index in [0.717, 1.165) is 0 Å². The second kappa shape index (κ2) is 7.81. The number of para-hydroxylation sites is 1. The van der Waals surface area contributed by atoms with E-state index in [4.69, 9.17) is 23.2 Å². The van der Waals surface area contributed by atoms with Gasteiger partial charge in [0, 0.05) is 22.2 Å². The second-order valence-electron chi connectivity index (χ2n) is 4.99. The van der Waals surface area contributed by atoms with E-state index in [2.05, 4.69) is 5.32 Å². The molecule has 0 spiro atoms. The number of sulfone groups is 1. The molecule has 0 fully saturated rings. The first-order chi connectivity index (χ1) is 10.9. The van der Waals surface area contributed by atoms with Gasteiger partial charge in [0.25, 0.3) is 0 Å². The highest BCUT2D eigenvalue weighted by Crippen LogP contribution is 2.23. The van der Waals surface area contributed by atoms with Crippen LogP contribution in [0.4, 0.5) is 5.69 Å². The third-order valence-corrected chi connectivity index (χ3v) is 5.25. The van der Waals surface area contributed by atoms with Crippen LogP contribution >= 0.6 is 23.2 Å². The van der Waals surface area contributed by atoms with Gasteiger partial charge in [-0.3, -0.25) is 4.79 Å². The lowest BCUT2D eigenvalue weighted by Gasteiger charge is -2.08. The molecule has 1 amide bonds. The normalized spacial score (nSPS) is 11.2. The maximum Gasteiger partial charge on any atom is 0.225 e. The van der Waals surface area contributed by atoms with Crippen molar-refractivity contribution in [3.63, 3.8) is 0 Å². The summed E-state index contributed by atoms with van der Waals surface area (Å²) in [5, 5.41) is 3.39. The first-order valence-electron chi connectivity index (χ1n) is 6.85. The van der Waals surface area contributed by atoms with Gasteiger partial charge in [0.2, 0.25) is 5.91 Å². The molecule has 1 N–H and O–H groups in total. The molecule has 4 nitrogen and oxygen atoms in total. The third-order valence-electron chi connectivity index (χ3n) is 3.09. The Balaban J connectivity index is 1.92. The molecule has 122 valence electrons. The standard InChI is InChI=1S/C16H15Cl2NO3S/c17-13-7-6-12(15(18)10-13)11-23(21,22)9-8-16(20)19-14-4-2-1-3-5-14/h1-7,10H,8-9,11H2,(H,19,20). The van der Waals surface area contributed by atoms with Crippen molar-refractivity contribution in [2.75, 3.05) is 11.1 Å². The molecule has 0 aliphatic heterocycles. The van der Waals surface area contributed by atoms with Gasteiger partial charge in [-0.05, 0) is 29.8 Å². The average molecular weight is 372 g/mol. The fraction of sp³-hybridized carbons (Fsp3) is 0.188. The largest absolute Gasteiger partial charge is 0.326 e. The molecular weight excluding hydrogens is 357 g/mol. The Morgan fingerprint density at radius 3 is 2.39 bits per heavy atom. The highest BCUT2D eigenvalue weighted by Gasteiger charge is 2.16. The van der Waals surface area contributed by atoms with Crippen LogP contribution in [0.1, 0.15) is 12.0 Å². The Bertz CT molecular complexity index is 792. The van der Waals surface area contributed by atoms with Crippen molar-refractivity contribution in [2.45, 2.75) is 12.2 Å². The van der Waals surface area contributed by atoms with E-state index in [9.17, 15) is 13.2 Å². The number of hydrogen-bond donors (Lipinski definition) is 1. The molecule has 0 bridgehead atoms. The van der Waals surface area contributed by atoms with E-state index in [0.29, 0.717) is 21.3 Å². The van der Waals surface area contributed by atoms with Gasteiger partial charge >= 0.3 is 0 Å². The van der Waals surface area contributed by atoms with E-state index in [-0.39, 0.29) is 23.8 Å². The Kier molecular flexibility index (Phi) is 6.04. The molecule has 7 heteroatoms. The van der Waals surface area contributed by atoms with Crippen LogP contribution in [0.5, 0.6) is 0 Å². The highest BCUT2D eigenvalue weighted by molar-refractivity contribution is 7.90. The fourth-order valence-electron chi connectivity index (χ4n) is 1.94. The van der Waals surface area contributed by atoms with Gasteiger partial charge in [-0.25, -0.2) is 8.42 Å². The maximum atomic E-state index is 12.1. The summed E-state index contributed by atoms with van der Waals surface area (Å²) < 4.78 is 24.2. The zero-order valence-corrected chi connectivity index (χ0v) is 14.5. The van der Waals surface area contributed by atoms with Crippen LogP contribution in [0.2, 0.25) is 10.0 Å². The summed E-state index contributed by atoms with van der Waals surface area (Å²) in [4.78, 5) is 11.8. The summed E-state index contributed by atoms with van der Waals surface area (Å²) in [7, 11) is -3.45. The number of benzene rings is 2. The Labute approximate surface area is 145 Å². The zero-order chi connectivity index (χ0) is 16.9. The van der Waals surface area contributed by atoms with Crippen LogP contribution in [-0.2, 0) is 20.4 Å². The molecule has 23 heavy (non-hydrogen) atoms. The Morgan fingerprint density at radius 2 is 1.74 bits per heavy atom. The van der Waals surface area contributed by atoms with Crippen molar-refractivity contribution < 1.29 is 13.2 Å². The summed E-state index contributed by atoms with van der Waals surface area (Å²) in [6.45, 7) is 0. The quantitative estimate of drug-likeness (QED) is 0.836. The molecule has 2 rings (SSSR count). The van der Waals surface area contributed by atoms with E-state index < -0.39 is 9.84 Å². The summed E-state index contributed by atoms with van der Waals surface area (Å²) in [6, 6.07) is 13.5. The number of nitrogens with one attached hydrogen (secondary N) is 1. The monoisotopic (exact) mass is 371 g/mol. The summed E-state index contributed by atoms with van der Waals surface area (Å²) in [6.07, 6.45) is -0.109. The molecule has 0 aromatic heterocycles. The lowest BCUT2D eigenvalue weighted by Crippen LogP contribution is -2.18. The third kappa shape index (κ3) is 5.86. The minimum Gasteiger partial charge on any atom is -0.326 e. The maximum absolute atomic E-state index is 12.1.